The Morgan fingerprint density at radius 2 is 2.42 bits per heavy atom. The second-order valence-electron chi connectivity index (χ2n) is 4.59. The third-order valence-corrected chi connectivity index (χ3v) is 3.16. The zero-order valence-electron chi connectivity index (χ0n) is 11.4. The average molecular weight is 264 g/mol. The van der Waals surface area contributed by atoms with Gasteiger partial charge in [-0.2, -0.15) is 0 Å². The summed E-state index contributed by atoms with van der Waals surface area (Å²) in [5.74, 6) is 0.621. The summed E-state index contributed by atoms with van der Waals surface area (Å²) in [6.45, 7) is 4.81. The van der Waals surface area contributed by atoms with Crippen LogP contribution in [-0.4, -0.2) is 45.4 Å². The van der Waals surface area contributed by atoms with E-state index in [1.54, 1.807) is 19.2 Å². The predicted octanol–water partition coefficient (Wildman–Crippen LogP) is 0.722. The average Bonchev–Trinajstić information content (AvgIpc) is 2.46. The molecule has 0 radical (unpaired) electrons. The largest absolute Gasteiger partial charge is 0.496 e. The van der Waals surface area contributed by atoms with Gasteiger partial charge < -0.3 is 20.1 Å². The normalized spacial score (nSPS) is 18.9. The van der Waals surface area contributed by atoms with Crippen molar-refractivity contribution in [3.05, 3.63) is 29.3 Å². The Bertz CT molecular complexity index is 442. The van der Waals surface area contributed by atoms with Crippen LogP contribution in [0.4, 0.5) is 0 Å². The highest BCUT2D eigenvalue weighted by Crippen LogP contribution is 2.18. The molecular formula is C14H20N2O3. The number of ether oxygens (including phenoxy) is 2. The van der Waals surface area contributed by atoms with Crippen LogP contribution in [-0.2, 0) is 4.74 Å². The molecule has 5 nitrogen and oxygen atoms in total. The van der Waals surface area contributed by atoms with Crippen molar-refractivity contribution in [2.24, 2.45) is 0 Å². The Morgan fingerprint density at radius 1 is 1.58 bits per heavy atom. The molecule has 1 aliphatic rings. The molecular weight excluding hydrogens is 244 g/mol. The number of aryl methyl sites for hydroxylation is 1. The van der Waals surface area contributed by atoms with E-state index in [-0.39, 0.29) is 12.0 Å². The maximum Gasteiger partial charge on any atom is 0.251 e. The highest BCUT2D eigenvalue weighted by molar-refractivity contribution is 5.94. The Balaban J connectivity index is 1.92. The summed E-state index contributed by atoms with van der Waals surface area (Å²) in [6.07, 6.45) is 0.0463. The lowest BCUT2D eigenvalue weighted by Gasteiger charge is -2.23. The molecule has 1 aromatic rings. The summed E-state index contributed by atoms with van der Waals surface area (Å²) in [5, 5.41) is 6.11. The molecule has 0 saturated carbocycles. The third-order valence-electron chi connectivity index (χ3n) is 3.16. The van der Waals surface area contributed by atoms with Crippen molar-refractivity contribution >= 4 is 5.91 Å². The van der Waals surface area contributed by atoms with Gasteiger partial charge in [0.15, 0.2) is 0 Å². The van der Waals surface area contributed by atoms with Crippen LogP contribution in [0.3, 0.4) is 0 Å². The minimum Gasteiger partial charge on any atom is -0.496 e. The summed E-state index contributed by atoms with van der Waals surface area (Å²) in [5.41, 5.74) is 1.62. The van der Waals surface area contributed by atoms with Crippen LogP contribution in [0.2, 0.25) is 0 Å². The van der Waals surface area contributed by atoms with Crippen LogP contribution in [0.5, 0.6) is 5.75 Å². The molecule has 19 heavy (non-hydrogen) atoms. The minimum absolute atomic E-state index is 0.0463. The van der Waals surface area contributed by atoms with E-state index in [1.807, 2.05) is 13.0 Å². The van der Waals surface area contributed by atoms with Crippen molar-refractivity contribution in [1.29, 1.82) is 0 Å². The predicted molar refractivity (Wildman–Crippen MR) is 72.7 cm³/mol. The molecule has 104 valence electrons. The first kappa shape index (κ1) is 13.8. The van der Waals surface area contributed by atoms with E-state index in [1.165, 1.54) is 0 Å². The molecule has 1 unspecified atom stereocenters. The van der Waals surface area contributed by atoms with Crippen LogP contribution in [0.15, 0.2) is 18.2 Å². The van der Waals surface area contributed by atoms with E-state index in [0.29, 0.717) is 18.7 Å². The summed E-state index contributed by atoms with van der Waals surface area (Å²) in [6, 6.07) is 5.43. The molecule has 1 atom stereocenters. The molecule has 0 bridgehead atoms. The first-order chi connectivity index (χ1) is 9.20. The van der Waals surface area contributed by atoms with Crippen LogP contribution < -0.4 is 15.4 Å². The molecule has 2 rings (SSSR count). The highest BCUT2D eigenvalue weighted by Gasteiger charge is 2.15. The van der Waals surface area contributed by atoms with Gasteiger partial charge in [-0.1, -0.05) is 6.07 Å². The molecule has 1 saturated heterocycles. The summed E-state index contributed by atoms with van der Waals surface area (Å²) >= 11 is 0. The van der Waals surface area contributed by atoms with Crippen molar-refractivity contribution in [2.75, 3.05) is 33.4 Å². The monoisotopic (exact) mass is 264 g/mol. The fourth-order valence-electron chi connectivity index (χ4n) is 2.02. The van der Waals surface area contributed by atoms with Crippen molar-refractivity contribution in [1.82, 2.24) is 10.6 Å². The lowest BCUT2D eigenvalue weighted by atomic mass is 10.1. The molecule has 2 N–H and O–H groups in total. The van der Waals surface area contributed by atoms with Gasteiger partial charge in [0.1, 0.15) is 5.75 Å². The smallest absolute Gasteiger partial charge is 0.251 e. The van der Waals surface area contributed by atoms with E-state index in [9.17, 15) is 4.79 Å². The number of methoxy groups -OCH3 is 1. The fourth-order valence-corrected chi connectivity index (χ4v) is 2.02. The molecule has 0 aliphatic carbocycles. The molecule has 1 aromatic carbocycles. The van der Waals surface area contributed by atoms with E-state index < -0.39 is 0 Å². The van der Waals surface area contributed by atoms with Crippen LogP contribution in [0.1, 0.15) is 15.9 Å². The standard InChI is InChI=1S/C14H20N2O3/c1-10-3-4-11(7-13(10)18-2)14(17)16-9-12-8-15-5-6-19-12/h3-4,7,12,15H,5-6,8-9H2,1-2H3,(H,16,17). The van der Waals surface area contributed by atoms with Gasteiger partial charge in [-0.05, 0) is 24.6 Å². The first-order valence-electron chi connectivity index (χ1n) is 6.46. The van der Waals surface area contributed by atoms with E-state index in [0.717, 1.165) is 24.4 Å². The van der Waals surface area contributed by atoms with Gasteiger partial charge >= 0.3 is 0 Å². The van der Waals surface area contributed by atoms with E-state index >= 15 is 0 Å². The summed E-state index contributed by atoms with van der Waals surface area (Å²) in [7, 11) is 1.60. The number of rotatable bonds is 4. The van der Waals surface area contributed by atoms with E-state index in [2.05, 4.69) is 10.6 Å². The molecule has 1 heterocycles. The summed E-state index contributed by atoms with van der Waals surface area (Å²) in [4.78, 5) is 12.0. The Morgan fingerprint density at radius 3 is 3.11 bits per heavy atom. The number of carbonyl (C=O) groups excluding carboxylic acids is 1. The number of nitrogens with one attached hydrogen (secondary N) is 2. The second kappa shape index (κ2) is 6.54. The lowest BCUT2D eigenvalue weighted by Crippen LogP contribution is -2.45. The highest BCUT2D eigenvalue weighted by atomic mass is 16.5. The molecule has 0 spiro atoms. The van der Waals surface area contributed by atoms with Gasteiger partial charge in [-0.3, -0.25) is 4.79 Å². The van der Waals surface area contributed by atoms with E-state index in [4.69, 9.17) is 9.47 Å². The van der Waals surface area contributed by atoms with Crippen LogP contribution >= 0.6 is 0 Å². The van der Waals surface area contributed by atoms with Gasteiger partial charge in [-0.25, -0.2) is 0 Å². The molecule has 1 amide bonds. The van der Waals surface area contributed by atoms with Crippen molar-refractivity contribution in [3.8, 4) is 5.75 Å². The topological polar surface area (TPSA) is 59.6 Å². The Kier molecular flexibility index (Phi) is 4.76. The minimum atomic E-state index is -0.104. The SMILES string of the molecule is COc1cc(C(=O)NCC2CNCCO2)ccc1C. The van der Waals surface area contributed by atoms with Gasteiger partial charge in [0, 0.05) is 25.2 Å². The summed E-state index contributed by atoms with van der Waals surface area (Å²) < 4.78 is 10.7. The van der Waals surface area contributed by atoms with Gasteiger partial charge in [0.05, 0.1) is 19.8 Å². The van der Waals surface area contributed by atoms with Crippen LogP contribution in [0.25, 0.3) is 0 Å². The fraction of sp³-hybridized carbons (Fsp3) is 0.500. The van der Waals surface area contributed by atoms with Gasteiger partial charge in [-0.15, -0.1) is 0 Å². The zero-order chi connectivity index (χ0) is 13.7. The number of morpholine rings is 1. The third kappa shape index (κ3) is 3.68. The van der Waals surface area contributed by atoms with Crippen molar-refractivity contribution in [2.45, 2.75) is 13.0 Å². The van der Waals surface area contributed by atoms with Crippen molar-refractivity contribution < 1.29 is 14.3 Å². The maximum atomic E-state index is 12.0. The number of hydrogen-bond acceptors (Lipinski definition) is 4. The maximum absolute atomic E-state index is 12.0. The molecule has 1 fully saturated rings. The number of benzene rings is 1. The number of carbonyl (C=O) groups is 1. The molecule has 0 aromatic heterocycles. The quantitative estimate of drug-likeness (QED) is 0.841. The molecule has 1 aliphatic heterocycles. The number of hydrogen-bond donors (Lipinski definition) is 2. The first-order valence-corrected chi connectivity index (χ1v) is 6.46. The zero-order valence-corrected chi connectivity index (χ0v) is 11.4. The Hall–Kier alpha value is -1.59. The van der Waals surface area contributed by atoms with Crippen molar-refractivity contribution in [3.63, 3.8) is 0 Å². The molecule has 5 heteroatoms. The lowest BCUT2D eigenvalue weighted by molar-refractivity contribution is 0.0287. The van der Waals surface area contributed by atoms with Crippen LogP contribution in [0, 0.1) is 6.92 Å². The van der Waals surface area contributed by atoms with Gasteiger partial charge in [0.25, 0.3) is 5.91 Å². The van der Waals surface area contributed by atoms with Gasteiger partial charge in [0.2, 0.25) is 0 Å². The Labute approximate surface area is 113 Å². The second-order valence-corrected chi connectivity index (χ2v) is 4.59. The number of amides is 1.